The molecule has 0 aliphatic carbocycles. The summed E-state index contributed by atoms with van der Waals surface area (Å²) in [5.41, 5.74) is 4.33. The largest absolute Gasteiger partial charge is 0.508 e. The fraction of sp³-hybridized carbons (Fsp3) is 0.806. The molecule has 0 heterocycles. The summed E-state index contributed by atoms with van der Waals surface area (Å²) < 4.78 is 0. The average molecular weight is 445 g/mol. The standard InChI is InChI=1S/C31H56O/c1-4-7-10-13-15-18-20-23-28-26-27-31(32)30(25-22-17-12-9-6-3)29(28)24-21-19-16-14-11-8-5-2/h26-27,32H,4-25H2,1-3H3. The number of phenolic OH excluding ortho intramolecular Hbond substituents is 1. The summed E-state index contributed by atoms with van der Waals surface area (Å²) in [6, 6.07) is 4.23. The Morgan fingerprint density at radius 2 is 0.812 bits per heavy atom. The van der Waals surface area contributed by atoms with E-state index in [9.17, 15) is 5.11 Å². The summed E-state index contributed by atoms with van der Waals surface area (Å²) in [6.07, 6.45) is 29.0. The van der Waals surface area contributed by atoms with Gasteiger partial charge in [-0.15, -0.1) is 0 Å². The summed E-state index contributed by atoms with van der Waals surface area (Å²) in [4.78, 5) is 0. The monoisotopic (exact) mass is 444 g/mol. The third-order valence-electron chi connectivity index (χ3n) is 7.11. The van der Waals surface area contributed by atoms with Crippen LogP contribution in [0.2, 0.25) is 0 Å². The number of unbranched alkanes of at least 4 members (excludes halogenated alkanes) is 16. The second kappa shape index (κ2) is 20.6. The zero-order valence-corrected chi connectivity index (χ0v) is 22.2. The van der Waals surface area contributed by atoms with Crippen molar-refractivity contribution in [2.24, 2.45) is 0 Å². The van der Waals surface area contributed by atoms with Crippen molar-refractivity contribution in [1.82, 2.24) is 0 Å². The molecular weight excluding hydrogens is 388 g/mol. The molecule has 0 radical (unpaired) electrons. The van der Waals surface area contributed by atoms with Gasteiger partial charge in [0.1, 0.15) is 5.75 Å². The smallest absolute Gasteiger partial charge is 0.119 e. The van der Waals surface area contributed by atoms with E-state index in [1.807, 2.05) is 6.07 Å². The highest BCUT2D eigenvalue weighted by Gasteiger charge is 2.13. The molecule has 0 aliphatic heterocycles. The van der Waals surface area contributed by atoms with Crippen LogP contribution < -0.4 is 0 Å². The zero-order valence-electron chi connectivity index (χ0n) is 22.2. The van der Waals surface area contributed by atoms with E-state index >= 15 is 0 Å². The summed E-state index contributed by atoms with van der Waals surface area (Å²) >= 11 is 0. The molecule has 0 fully saturated rings. The second-order valence-electron chi connectivity index (χ2n) is 10.1. The number of rotatable bonds is 22. The van der Waals surface area contributed by atoms with Gasteiger partial charge in [-0.2, -0.15) is 0 Å². The first-order chi connectivity index (χ1) is 15.7. The molecule has 0 aliphatic rings. The molecule has 0 spiro atoms. The minimum absolute atomic E-state index is 0.557. The number of aromatic hydroxyl groups is 1. The number of hydrogen-bond acceptors (Lipinski definition) is 1. The molecule has 0 aromatic heterocycles. The quantitative estimate of drug-likeness (QED) is 0.176. The van der Waals surface area contributed by atoms with Crippen molar-refractivity contribution in [2.75, 3.05) is 0 Å². The molecule has 32 heavy (non-hydrogen) atoms. The van der Waals surface area contributed by atoms with Gasteiger partial charge in [-0.25, -0.2) is 0 Å². The van der Waals surface area contributed by atoms with Crippen LogP contribution >= 0.6 is 0 Å². The molecule has 0 unspecified atom stereocenters. The molecular formula is C31H56O. The number of aryl methyl sites for hydroxylation is 1. The number of hydrogen-bond donors (Lipinski definition) is 1. The van der Waals surface area contributed by atoms with Gasteiger partial charge in [-0.05, 0) is 61.3 Å². The van der Waals surface area contributed by atoms with Crippen molar-refractivity contribution in [2.45, 2.75) is 162 Å². The predicted molar refractivity (Wildman–Crippen MR) is 144 cm³/mol. The van der Waals surface area contributed by atoms with Gasteiger partial charge in [0.15, 0.2) is 0 Å². The fourth-order valence-electron chi connectivity index (χ4n) is 4.99. The summed E-state index contributed by atoms with van der Waals surface area (Å²) in [5.74, 6) is 0.557. The van der Waals surface area contributed by atoms with E-state index in [0.717, 1.165) is 12.8 Å². The van der Waals surface area contributed by atoms with Gasteiger partial charge < -0.3 is 5.11 Å². The summed E-state index contributed by atoms with van der Waals surface area (Å²) in [7, 11) is 0. The van der Waals surface area contributed by atoms with Crippen LogP contribution in [-0.4, -0.2) is 5.11 Å². The molecule has 0 atom stereocenters. The molecule has 0 amide bonds. The maximum atomic E-state index is 10.7. The van der Waals surface area contributed by atoms with Crippen molar-refractivity contribution in [3.63, 3.8) is 0 Å². The Kier molecular flexibility index (Phi) is 18.7. The Balaban J connectivity index is 2.63. The van der Waals surface area contributed by atoms with Crippen LogP contribution in [0, 0.1) is 0 Å². The van der Waals surface area contributed by atoms with Crippen molar-refractivity contribution in [3.05, 3.63) is 28.8 Å². The third kappa shape index (κ3) is 13.5. The van der Waals surface area contributed by atoms with Crippen molar-refractivity contribution < 1.29 is 5.11 Å². The van der Waals surface area contributed by atoms with Crippen LogP contribution in [0.1, 0.15) is 159 Å². The topological polar surface area (TPSA) is 20.2 Å². The Labute approximate surface area is 201 Å². The van der Waals surface area contributed by atoms with Gasteiger partial charge in [0.2, 0.25) is 0 Å². The van der Waals surface area contributed by atoms with Crippen LogP contribution in [0.25, 0.3) is 0 Å². The van der Waals surface area contributed by atoms with Gasteiger partial charge in [-0.1, -0.05) is 130 Å². The lowest BCUT2D eigenvalue weighted by Gasteiger charge is -2.17. The van der Waals surface area contributed by atoms with E-state index < -0.39 is 0 Å². The molecule has 1 nitrogen and oxygen atoms in total. The average Bonchev–Trinajstić information content (AvgIpc) is 2.80. The number of benzene rings is 1. The Hall–Kier alpha value is -0.980. The van der Waals surface area contributed by atoms with Crippen molar-refractivity contribution in [1.29, 1.82) is 0 Å². The summed E-state index contributed by atoms with van der Waals surface area (Å²) in [5, 5.41) is 10.7. The van der Waals surface area contributed by atoms with Crippen molar-refractivity contribution in [3.8, 4) is 5.75 Å². The van der Waals surface area contributed by atoms with Crippen LogP contribution in [0.15, 0.2) is 12.1 Å². The van der Waals surface area contributed by atoms with E-state index in [0.29, 0.717) is 5.75 Å². The van der Waals surface area contributed by atoms with Gasteiger partial charge in [0, 0.05) is 0 Å². The number of phenols is 1. The molecule has 0 saturated carbocycles. The van der Waals surface area contributed by atoms with Gasteiger partial charge in [0.05, 0.1) is 0 Å². The summed E-state index contributed by atoms with van der Waals surface area (Å²) in [6.45, 7) is 6.86. The first kappa shape index (κ1) is 29.1. The van der Waals surface area contributed by atoms with Gasteiger partial charge >= 0.3 is 0 Å². The van der Waals surface area contributed by atoms with Crippen LogP contribution in [0.4, 0.5) is 0 Å². The second-order valence-corrected chi connectivity index (χ2v) is 10.1. The molecule has 1 aromatic carbocycles. The maximum absolute atomic E-state index is 10.7. The minimum Gasteiger partial charge on any atom is -0.508 e. The van der Waals surface area contributed by atoms with Gasteiger partial charge in [0.25, 0.3) is 0 Å². The Bertz CT molecular complexity index is 548. The fourth-order valence-corrected chi connectivity index (χ4v) is 4.99. The molecule has 1 heteroatoms. The first-order valence-electron chi connectivity index (χ1n) is 14.6. The zero-order chi connectivity index (χ0) is 23.3. The predicted octanol–water partition coefficient (Wildman–Crippen LogP) is 10.5. The lowest BCUT2D eigenvalue weighted by atomic mass is 9.89. The molecule has 1 N–H and O–H groups in total. The lowest BCUT2D eigenvalue weighted by molar-refractivity contribution is 0.463. The minimum atomic E-state index is 0.557. The van der Waals surface area contributed by atoms with Crippen molar-refractivity contribution >= 4 is 0 Å². The highest BCUT2D eigenvalue weighted by molar-refractivity contribution is 5.45. The van der Waals surface area contributed by atoms with E-state index in [-0.39, 0.29) is 0 Å². The highest BCUT2D eigenvalue weighted by Crippen LogP contribution is 2.30. The molecule has 1 aromatic rings. The Morgan fingerprint density at radius 1 is 0.438 bits per heavy atom. The lowest BCUT2D eigenvalue weighted by Crippen LogP contribution is -2.03. The maximum Gasteiger partial charge on any atom is 0.119 e. The molecule has 0 bridgehead atoms. The molecule has 186 valence electrons. The van der Waals surface area contributed by atoms with Crippen LogP contribution in [0.3, 0.4) is 0 Å². The van der Waals surface area contributed by atoms with E-state index in [1.165, 1.54) is 145 Å². The normalized spacial score (nSPS) is 11.3. The van der Waals surface area contributed by atoms with Crippen LogP contribution in [-0.2, 0) is 19.3 Å². The SMILES string of the molecule is CCCCCCCCCc1ccc(O)c(CCCCCCC)c1CCCCCCCCC. The van der Waals surface area contributed by atoms with E-state index in [2.05, 4.69) is 26.8 Å². The van der Waals surface area contributed by atoms with Crippen LogP contribution in [0.5, 0.6) is 5.75 Å². The van der Waals surface area contributed by atoms with E-state index in [1.54, 1.807) is 0 Å². The highest BCUT2D eigenvalue weighted by atomic mass is 16.3. The van der Waals surface area contributed by atoms with Gasteiger partial charge in [-0.3, -0.25) is 0 Å². The molecule has 1 rings (SSSR count). The molecule has 0 saturated heterocycles. The third-order valence-corrected chi connectivity index (χ3v) is 7.11. The van der Waals surface area contributed by atoms with E-state index in [4.69, 9.17) is 0 Å². The Morgan fingerprint density at radius 3 is 1.28 bits per heavy atom. The first-order valence-corrected chi connectivity index (χ1v) is 14.6.